The summed E-state index contributed by atoms with van der Waals surface area (Å²) >= 11 is 0. The highest BCUT2D eigenvalue weighted by molar-refractivity contribution is 5.87. The lowest BCUT2D eigenvalue weighted by Crippen LogP contribution is -2.47. The zero-order valence-electron chi connectivity index (χ0n) is 16.5. The fourth-order valence-corrected chi connectivity index (χ4v) is 5.11. The van der Waals surface area contributed by atoms with Gasteiger partial charge < -0.3 is 10.6 Å². The third kappa shape index (κ3) is 2.82. The summed E-state index contributed by atoms with van der Waals surface area (Å²) in [6.07, 6.45) is 4.46. The summed E-state index contributed by atoms with van der Waals surface area (Å²) in [7, 11) is 0. The van der Waals surface area contributed by atoms with Crippen LogP contribution in [0, 0.1) is 24.6 Å². The number of nitrogens with two attached hydrogens (primary N) is 1. The Balaban J connectivity index is 1.65. The molecule has 0 spiro atoms. The molecule has 2 aromatic rings. The van der Waals surface area contributed by atoms with Crippen LogP contribution in [0.25, 0.3) is 10.9 Å². The Hall–Kier alpha value is -2.55. The largest absolute Gasteiger partial charge is 0.368 e. The van der Waals surface area contributed by atoms with E-state index in [2.05, 4.69) is 4.98 Å². The quantitative estimate of drug-likeness (QED) is 0.731. The second-order valence-corrected chi connectivity index (χ2v) is 8.74. The van der Waals surface area contributed by atoms with Crippen LogP contribution in [-0.2, 0) is 0 Å². The van der Waals surface area contributed by atoms with Gasteiger partial charge in [0.25, 0.3) is 11.5 Å². The predicted molar refractivity (Wildman–Crippen MR) is 108 cm³/mol. The smallest absolute Gasteiger partial charge is 0.329 e. The molecule has 1 aliphatic heterocycles. The first kappa shape index (κ1) is 19.4. The van der Waals surface area contributed by atoms with E-state index in [4.69, 9.17) is 5.73 Å². The average Bonchev–Trinajstić information content (AvgIpc) is 3.43. The van der Waals surface area contributed by atoms with Crippen LogP contribution in [-0.4, -0.2) is 34.6 Å². The number of aromatic amines is 1. The van der Waals surface area contributed by atoms with Crippen LogP contribution in [0.2, 0.25) is 0 Å². The highest BCUT2D eigenvalue weighted by Crippen LogP contribution is 2.43. The molecule has 1 aromatic carbocycles. The SMILES string of the molecule is Cc1c(N2CC3C=CCC(F)(F)C(N)C3C2)c(F)cc2c(=O)[nH]c(=O)n(C3CC3)c12. The number of rotatable bonds is 2. The molecule has 0 bridgehead atoms. The molecule has 3 N–H and O–H groups in total. The van der Waals surface area contributed by atoms with Gasteiger partial charge in [0, 0.05) is 43.0 Å². The highest BCUT2D eigenvalue weighted by Gasteiger charge is 2.48. The van der Waals surface area contributed by atoms with Crippen molar-refractivity contribution in [2.75, 3.05) is 18.0 Å². The van der Waals surface area contributed by atoms with Gasteiger partial charge in [-0.15, -0.1) is 0 Å². The van der Waals surface area contributed by atoms with Crippen molar-refractivity contribution < 1.29 is 13.2 Å². The summed E-state index contributed by atoms with van der Waals surface area (Å²) in [5.74, 6) is -4.35. The number of hydrogen-bond donors (Lipinski definition) is 2. The minimum Gasteiger partial charge on any atom is -0.368 e. The fourth-order valence-electron chi connectivity index (χ4n) is 5.11. The number of anilines is 1. The van der Waals surface area contributed by atoms with Crippen molar-refractivity contribution >= 4 is 16.6 Å². The molecule has 2 fully saturated rings. The van der Waals surface area contributed by atoms with E-state index in [-0.39, 0.29) is 36.0 Å². The van der Waals surface area contributed by atoms with Crippen molar-refractivity contribution in [2.24, 2.45) is 17.6 Å². The van der Waals surface area contributed by atoms with E-state index in [1.807, 2.05) is 0 Å². The molecule has 2 aliphatic carbocycles. The topological polar surface area (TPSA) is 84.1 Å². The first-order valence-electron chi connectivity index (χ1n) is 10.2. The average molecular weight is 420 g/mol. The normalized spacial score (nSPS) is 28.0. The second-order valence-electron chi connectivity index (χ2n) is 8.74. The summed E-state index contributed by atoms with van der Waals surface area (Å²) in [5.41, 5.74) is 5.92. The Bertz CT molecular complexity index is 1180. The maximum atomic E-state index is 15.2. The summed E-state index contributed by atoms with van der Waals surface area (Å²) < 4.78 is 45.3. The molecular formula is C21H23F3N4O2. The molecule has 6 nitrogen and oxygen atoms in total. The number of hydrogen-bond acceptors (Lipinski definition) is 4. The first-order chi connectivity index (χ1) is 14.2. The zero-order valence-corrected chi connectivity index (χ0v) is 16.5. The number of allylic oxidation sites excluding steroid dienone is 1. The molecule has 1 aromatic heterocycles. The Kier molecular flexibility index (Phi) is 4.19. The fraction of sp³-hybridized carbons (Fsp3) is 0.524. The van der Waals surface area contributed by atoms with Crippen LogP contribution in [0.4, 0.5) is 18.9 Å². The van der Waals surface area contributed by atoms with E-state index in [0.29, 0.717) is 17.6 Å². The molecule has 3 atom stereocenters. The standard InChI is InChI=1S/C21H23F3N4O2/c1-10-16-13(19(29)26-20(30)28(16)12-4-5-12)7-15(22)17(10)27-8-11-3-2-6-21(23,24)18(25)14(11)9-27/h2-3,7,11-12,14,18H,4-6,8-9,25H2,1H3,(H,26,29,30). The van der Waals surface area contributed by atoms with Gasteiger partial charge in [-0.3, -0.25) is 14.3 Å². The van der Waals surface area contributed by atoms with E-state index >= 15 is 4.39 Å². The van der Waals surface area contributed by atoms with Crippen molar-refractivity contribution in [1.82, 2.24) is 9.55 Å². The van der Waals surface area contributed by atoms with Crippen LogP contribution >= 0.6 is 0 Å². The molecule has 3 aliphatic rings. The maximum Gasteiger partial charge on any atom is 0.329 e. The number of benzene rings is 1. The van der Waals surface area contributed by atoms with Gasteiger partial charge in [0.1, 0.15) is 5.82 Å². The number of nitrogens with zero attached hydrogens (tertiary/aromatic N) is 2. The zero-order chi connectivity index (χ0) is 21.4. The van der Waals surface area contributed by atoms with E-state index in [0.717, 1.165) is 18.9 Å². The number of aryl methyl sites for hydroxylation is 1. The highest BCUT2D eigenvalue weighted by atomic mass is 19.3. The van der Waals surface area contributed by atoms with Crippen LogP contribution < -0.4 is 21.9 Å². The maximum absolute atomic E-state index is 15.2. The Morgan fingerprint density at radius 1 is 1.23 bits per heavy atom. The minimum absolute atomic E-state index is 0.0198. The molecule has 3 unspecified atom stereocenters. The molecular weight excluding hydrogens is 397 g/mol. The third-order valence-electron chi connectivity index (χ3n) is 6.75. The number of aromatic nitrogens is 2. The Morgan fingerprint density at radius 3 is 2.67 bits per heavy atom. The van der Waals surface area contributed by atoms with E-state index in [9.17, 15) is 18.4 Å². The van der Waals surface area contributed by atoms with Crippen molar-refractivity contribution in [1.29, 1.82) is 0 Å². The Morgan fingerprint density at radius 2 is 1.97 bits per heavy atom. The summed E-state index contributed by atoms with van der Waals surface area (Å²) in [6.45, 7) is 2.22. The van der Waals surface area contributed by atoms with Crippen LogP contribution in [0.15, 0.2) is 27.8 Å². The van der Waals surface area contributed by atoms with Gasteiger partial charge in [-0.2, -0.15) is 0 Å². The molecule has 9 heteroatoms. The first-order valence-corrected chi connectivity index (χ1v) is 10.2. The van der Waals surface area contributed by atoms with Crippen LogP contribution in [0.5, 0.6) is 0 Å². The molecule has 2 heterocycles. The lowest BCUT2D eigenvalue weighted by atomic mass is 9.88. The summed E-state index contributed by atoms with van der Waals surface area (Å²) in [5, 5.41) is 0.122. The van der Waals surface area contributed by atoms with Gasteiger partial charge in [-0.05, 0) is 25.8 Å². The number of alkyl halides is 2. The van der Waals surface area contributed by atoms with Gasteiger partial charge in [0.05, 0.1) is 22.6 Å². The monoisotopic (exact) mass is 420 g/mol. The lowest BCUT2D eigenvalue weighted by Gasteiger charge is -2.28. The summed E-state index contributed by atoms with van der Waals surface area (Å²) in [6, 6.07) is -0.194. The molecule has 0 amide bonds. The van der Waals surface area contributed by atoms with E-state index in [1.165, 1.54) is 10.6 Å². The van der Waals surface area contributed by atoms with Gasteiger partial charge in [0.2, 0.25) is 0 Å². The number of nitrogens with one attached hydrogen (secondary N) is 1. The minimum atomic E-state index is -3.01. The molecule has 1 saturated carbocycles. The van der Waals surface area contributed by atoms with Gasteiger partial charge in [-0.1, -0.05) is 12.2 Å². The molecule has 30 heavy (non-hydrogen) atoms. The van der Waals surface area contributed by atoms with Gasteiger partial charge in [-0.25, -0.2) is 18.0 Å². The third-order valence-corrected chi connectivity index (χ3v) is 6.75. The van der Waals surface area contributed by atoms with Crippen molar-refractivity contribution in [3.63, 3.8) is 0 Å². The van der Waals surface area contributed by atoms with E-state index < -0.39 is 34.9 Å². The number of fused-ring (bicyclic) bond motifs is 2. The lowest BCUT2D eigenvalue weighted by molar-refractivity contribution is -0.0376. The Labute approximate surface area is 170 Å². The van der Waals surface area contributed by atoms with E-state index in [1.54, 1.807) is 17.9 Å². The van der Waals surface area contributed by atoms with Crippen LogP contribution in [0.1, 0.15) is 30.9 Å². The van der Waals surface area contributed by atoms with Crippen molar-refractivity contribution in [3.05, 3.63) is 50.4 Å². The van der Waals surface area contributed by atoms with Gasteiger partial charge in [0.15, 0.2) is 0 Å². The van der Waals surface area contributed by atoms with Gasteiger partial charge >= 0.3 is 5.69 Å². The number of halogens is 3. The second kappa shape index (κ2) is 6.47. The van der Waals surface area contributed by atoms with Crippen molar-refractivity contribution in [3.8, 4) is 0 Å². The van der Waals surface area contributed by atoms with Crippen molar-refractivity contribution in [2.45, 2.75) is 44.2 Å². The molecule has 1 saturated heterocycles. The molecule has 160 valence electrons. The predicted octanol–water partition coefficient (Wildman–Crippen LogP) is 2.45. The van der Waals surface area contributed by atoms with Crippen LogP contribution in [0.3, 0.4) is 0 Å². The molecule has 5 rings (SSSR count). The number of H-pyrrole nitrogens is 1. The summed E-state index contributed by atoms with van der Waals surface area (Å²) in [4.78, 5) is 28.8. The molecule has 0 radical (unpaired) electrons.